The minimum Gasteiger partial charge on any atom is -0.337 e. The first kappa shape index (κ1) is 19.6. The molecular formula is C23H28N4O2. The molecule has 2 amide bonds. The molecule has 0 N–H and O–H groups in total. The second kappa shape index (κ2) is 9.18. The van der Waals surface area contributed by atoms with Crippen molar-refractivity contribution in [1.82, 2.24) is 19.7 Å². The van der Waals surface area contributed by atoms with Crippen molar-refractivity contribution in [3.63, 3.8) is 0 Å². The van der Waals surface area contributed by atoms with Crippen molar-refractivity contribution >= 4 is 11.8 Å². The Morgan fingerprint density at radius 1 is 0.966 bits per heavy atom. The zero-order chi connectivity index (χ0) is 20.1. The van der Waals surface area contributed by atoms with E-state index in [4.69, 9.17) is 0 Å². The van der Waals surface area contributed by atoms with Crippen LogP contribution in [-0.2, 0) is 11.3 Å². The van der Waals surface area contributed by atoms with E-state index in [9.17, 15) is 9.59 Å². The second-order valence-electron chi connectivity index (χ2n) is 7.90. The van der Waals surface area contributed by atoms with Crippen LogP contribution in [0.2, 0.25) is 0 Å². The maximum atomic E-state index is 13.0. The SMILES string of the molecule is O=C(c1ccncc1)N1CCCN(CC(=O)N(Cc2ccccc2)C2CC2)CC1. The van der Waals surface area contributed by atoms with Gasteiger partial charge in [-0.05, 0) is 37.0 Å². The summed E-state index contributed by atoms with van der Waals surface area (Å²) in [5, 5.41) is 0. The summed E-state index contributed by atoms with van der Waals surface area (Å²) in [6.45, 7) is 4.06. The molecule has 6 nitrogen and oxygen atoms in total. The lowest BCUT2D eigenvalue weighted by atomic mass is 10.2. The standard InChI is InChI=1S/C23H28N4O2/c28-22(27(21-7-8-21)17-19-5-2-1-3-6-19)18-25-13-4-14-26(16-15-25)23(29)20-9-11-24-12-10-20/h1-3,5-6,9-12,21H,4,7-8,13-18H2. The summed E-state index contributed by atoms with van der Waals surface area (Å²) < 4.78 is 0. The Labute approximate surface area is 172 Å². The number of carbonyl (C=O) groups excluding carboxylic acids is 2. The average Bonchev–Trinajstić information content (AvgIpc) is 3.61. The second-order valence-corrected chi connectivity index (χ2v) is 7.90. The third-order valence-corrected chi connectivity index (χ3v) is 5.67. The Morgan fingerprint density at radius 2 is 1.72 bits per heavy atom. The lowest BCUT2D eigenvalue weighted by Gasteiger charge is -2.27. The van der Waals surface area contributed by atoms with Gasteiger partial charge in [0.2, 0.25) is 5.91 Å². The number of rotatable bonds is 6. The van der Waals surface area contributed by atoms with E-state index in [0.717, 1.165) is 38.9 Å². The molecule has 2 aromatic rings. The molecule has 0 unspecified atom stereocenters. The van der Waals surface area contributed by atoms with E-state index in [1.165, 1.54) is 5.56 Å². The molecular weight excluding hydrogens is 364 g/mol. The molecule has 1 saturated carbocycles. The van der Waals surface area contributed by atoms with Gasteiger partial charge in [0.1, 0.15) is 0 Å². The Hall–Kier alpha value is -2.73. The van der Waals surface area contributed by atoms with Crippen LogP contribution in [0.3, 0.4) is 0 Å². The summed E-state index contributed by atoms with van der Waals surface area (Å²) in [5.41, 5.74) is 1.85. The molecule has 0 spiro atoms. The molecule has 0 radical (unpaired) electrons. The van der Waals surface area contributed by atoms with E-state index in [2.05, 4.69) is 22.0 Å². The van der Waals surface area contributed by atoms with Crippen LogP contribution in [0, 0.1) is 0 Å². The predicted octanol–water partition coefficient (Wildman–Crippen LogP) is 2.42. The predicted molar refractivity (Wildman–Crippen MR) is 111 cm³/mol. The summed E-state index contributed by atoms with van der Waals surface area (Å²) >= 11 is 0. The highest BCUT2D eigenvalue weighted by atomic mass is 16.2. The molecule has 6 heteroatoms. The summed E-state index contributed by atoms with van der Waals surface area (Å²) in [6.07, 6.45) is 6.39. The monoisotopic (exact) mass is 392 g/mol. The van der Waals surface area contributed by atoms with Crippen LogP contribution in [0.4, 0.5) is 0 Å². The quantitative estimate of drug-likeness (QED) is 0.758. The highest BCUT2D eigenvalue weighted by Gasteiger charge is 2.33. The van der Waals surface area contributed by atoms with Gasteiger partial charge in [-0.25, -0.2) is 0 Å². The molecule has 2 heterocycles. The number of carbonyl (C=O) groups is 2. The van der Waals surface area contributed by atoms with Gasteiger partial charge < -0.3 is 9.80 Å². The fraction of sp³-hybridized carbons (Fsp3) is 0.435. The van der Waals surface area contributed by atoms with E-state index in [-0.39, 0.29) is 11.8 Å². The summed E-state index contributed by atoms with van der Waals surface area (Å²) in [6, 6.07) is 14.1. The third-order valence-electron chi connectivity index (χ3n) is 5.67. The smallest absolute Gasteiger partial charge is 0.254 e. The van der Waals surface area contributed by atoms with Crippen LogP contribution in [0.1, 0.15) is 35.2 Å². The van der Waals surface area contributed by atoms with Gasteiger partial charge in [0.05, 0.1) is 6.54 Å². The number of hydrogen-bond donors (Lipinski definition) is 0. The average molecular weight is 393 g/mol. The van der Waals surface area contributed by atoms with Gasteiger partial charge in [-0.3, -0.25) is 19.5 Å². The van der Waals surface area contributed by atoms with Crippen molar-refractivity contribution in [3.8, 4) is 0 Å². The van der Waals surface area contributed by atoms with E-state index < -0.39 is 0 Å². The Bertz CT molecular complexity index is 823. The van der Waals surface area contributed by atoms with Crippen LogP contribution in [0.25, 0.3) is 0 Å². The highest BCUT2D eigenvalue weighted by Crippen LogP contribution is 2.28. The molecule has 29 heavy (non-hydrogen) atoms. The van der Waals surface area contributed by atoms with Gasteiger partial charge in [0, 0.05) is 56.7 Å². The zero-order valence-electron chi connectivity index (χ0n) is 16.7. The molecule has 1 aliphatic carbocycles. The minimum atomic E-state index is 0.0456. The summed E-state index contributed by atoms with van der Waals surface area (Å²) in [4.78, 5) is 35.8. The van der Waals surface area contributed by atoms with Crippen LogP contribution in [-0.4, -0.2) is 70.3 Å². The third kappa shape index (κ3) is 5.21. The molecule has 2 aliphatic rings. The number of aromatic nitrogens is 1. The number of nitrogens with zero attached hydrogens (tertiary/aromatic N) is 4. The fourth-order valence-corrected chi connectivity index (χ4v) is 3.88. The first-order valence-electron chi connectivity index (χ1n) is 10.5. The number of benzene rings is 1. The number of hydrogen-bond acceptors (Lipinski definition) is 4. The number of pyridine rings is 1. The lowest BCUT2D eigenvalue weighted by molar-refractivity contribution is -0.133. The van der Waals surface area contributed by atoms with Crippen molar-refractivity contribution in [2.45, 2.75) is 31.8 Å². The van der Waals surface area contributed by atoms with Crippen molar-refractivity contribution in [2.75, 3.05) is 32.7 Å². The van der Waals surface area contributed by atoms with Gasteiger partial charge in [0.25, 0.3) is 5.91 Å². The van der Waals surface area contributed by atoms with Gasteiger partial charge in [-0.15, -0.1) is 0 Å². The number of amides is 2. The van der Waals surface area contributed by atoms with Crippen molar-refractivity contribution in [1.29, 1.82) is 0 Å². The Balaban J connectivity index is 1.33. The van der Waals surface area contributed by atoms with Gasteiger partial charge in [0.15, 0.2) is 0 Å². The summed E-state index contributed by atoms with van der Waals surface area (Å²) in [5.74, 6) is 0.245. The van der Waals surface area contributed by atoms with E-state index >= 15 is 0 Å². The highest BCUT2D eigenvalue weighted by molar-refractivity contribution is 5.94. The normalized spacial score (nSPS) is 17.6. The van der Waals surface area contributed by atoms with E-state index in [0.29, 0.717) is 31.2 Å². The van der Waals surface area contributed by atoms with E-state index in [1.54, 1.807) is 24.5 Å². The van der Waals surface area contributed by atoms with Gasteiger partial charge >= 0.3 is 0 Å². The summed E-state index contributed by atoms with van der Waals surface area (Å²) in [7, 11) is 0. The van der Waals surface area contributed by atoms with Crippen LogP contribution < -0.4 is 0 Å². The van der Waals surface area contributed by atoms with Crippen LogP contribution in [0.15, 0.2) is 54.9 Å². The zero-order valence-corrected chi connectivity index (χ0v) is 16.7. The van der Waals surface area contributed by atoms with Crippen LogP contribution in [0.5, 0.6) is 0 Å². The molecule has 1 aromatic heterocycles. The largest absolute Gasteiger partial charge is 0.337 e. The molecule has 152 valence electrons. The first-order valence-corrected chi connectivity index (χ1v) is 10.5. The Kier molecular flexibility index (Phi) is 6.20. The van der Waals surface area contributed by atoms with Crippen molar-refractivity contribution < 1.29 is 9.59 Å². The topological polar surface area (TPSA) is 56.8 Å². The lowest BCUT2D eigenvalue weighted by Crippen LogP contribution is -2.42. The molecule has 1 aliphatic heterocycles. The van der Waals surface area contributed by atoms with Crippen molar-refractivity contribution in [2.24, 2.45) is 0 Å². The molecule has 1 saturated heterocycles. The first-order chi connectivity index (χ1) is 14.2. The van der Waals surface area contributed by atoms with Gasteiger partial charge in [-0.1, -0.05) is 30.3 Å². The van der Waals surface area contributed by atoms with Crippen molar-refractivity contribution in [3.05, 3.63) is 66.0 Å². The van der Waals surface area contributed by atoms with Gasteiger partial charge in [-0.2, -0.15) is 0 Å². The molecule has 4 rings (SSSR count). The fourth-order valence-electron chi connectivity index (χ4n) is 3.88. The molecule has 1 aromatic carbocycles. The van der Waals surface area contributed by atoms with Crippen LogP contribution >= 0.6 is 0 Å². The maximum Gasteiger partial charge on any atom is 0.254 e. The Morgan fingerprint density at radius 3 is 2.45 bits per heavy atom. The maximum absolute atomic E-state index is 13.0. The molecule has 0 bridgehead atoms. The molecule has 2 fully saturated rings. The minimum absolute atomic E-state index is 0.0456. The molecule has 0 atom stereocenters. The van der Waals surface area contributed by atoms with E-state index in [1.807, 2.05) is 28.0 Å².